The SMILES string of the molecule is COc1c(Br)c2c(c(C)c1C1CC(CN)CN1C)CCCC2. The van der Waals surface area contributed by atoms with Crippen molar-refractivity contribution in [3.63, 3.8) is 0 Å². The molecule has 0 aromatic heterocycles. The summed E-state index contributed by atoms with van der Waals surface area (Å²) in [4.78, 5) is 2.45. The van der Waals surface area contributed by atoms with Gasteiger partial charge in [-0.3, -0.25) is 4.90 Å². The lowest BCUT2D eigenvalue weighted by atomic mass is 9.83. The number of methoxy groups -OCH3 is 1. The Morgan fingerprint density at radius 1 is 1.27 bits per heavy atom. The molecule has 1 aromatic carbocycles. The first kappa shape index (κ1) is 16.3. The van der Waals surface area contributed by atoms with Crippen LogP contribution in [0.1, 0.15) is 47.6 Å². The van der Waals surface area contributed by atoms with E-state index in [1.54, 1.807) is 12.7 Å². The molecule has 0 radical (unpaired) electrons. The zero-order valence-corrected chi connectivity index (χ0v) is 15.5. The van der Waals surface area contributed by atoms with Crippen LogP contribution in [0.2, 0.25) is 0 Å². The molecule has 0 bridgehead atoms. The third-order valence-electron chi connectivity index (χ3n) is 5.54. The molecule has 2 atom stereocenters. The van der Waals surface area contributed by atoms with Crippen molar-refractivity contribution >= 4 is 15.9 Å². The molecule has 1 aliphatic heterocycles. The summed E-state index contributed by atoms with van der Waals surface area (Å²) in [5, 5.41) is 0. The number of benzene rings is 1. The molecule has 1 aromatic rings. The van der Waals surface area contributed by atoms with E-state index in [1.165, 1.54) is 46.8 Å². The Balaban J connectivity index is 2.12. The number of likely N-dealkylation sites (tertiary alicyclic amines) is 1. The fourth-order valence-corrected chi connectivity index (χ4v) is 5.18. The predicted molar refractivity (Wildman–Crippen MR) is 94.6 cm³/mol. The molecule has 1 saturated heterocycles. The molecule has 3 nitrogen and oxygen atoms in total. The number of rotatable bonds is 3. The molecule has 1 fully saturated rings. The van der Waals surface area contributed by atoms with Crippen LogP contribution < -0.4 is 10.5 Å². The van der Waals surface area contributed by atoms with Gasteiger partial charge < -0.3 is 10.5 Å². The van der Waals surface area contributed by atoms with Crippen molar-refractivity contribution in [1.82, 2.24) is 4.90 Å². The summed E-state index contributed by atoms with van der Waals surface area (Å²) in [5.41, 5.74) is 11.8. The zero-order valence-electron chi connectivity index (χ0n) is 13.9. The maximum atomic E-state index is 5.92. The standard InChI is InChI=1S/C18H27BrN2O/c1-11-13-6-4-5-7-14(13)17(19)18(22-3)16(11)15-8-12(9-20)10-21(15)2/h12,15H,4-10,20H2,1-3H3. The largest absolute Gasteiger partial charge is 0.495 e. The summed E-state index contributed by atoms with van der Waals surface area (Å²) >= 11 is 3.84. The van der Waals surface area contributed by atoms with Crippen molar-refractivity contribution < 1.29 is 4.74 Å². The van der Waals surface area contributed by atoms with E-state index in [9.17, 15) is 0 Å². The van der Waals surface area contributed by atoms with E-state index in [4.69, 9.17) is 10.5 Å². The van der Waals surface area contributed by atoms with Gasteiger partial charge in [-0.25, -0.2) is 0 Å². The molecule has 1 aliphatic carbocycles. The third-order valence-corrected chi connectivity index (χ3v) is 6.38. The van der Waals surface area contributed by atoms with E-state index < -0.39 is 0 Å². The summed E-state index contributed by atoms with van der Waals surface area (Å²) in [5.74, 6) is 1.64. The second-order valence-electron chi connectivity index (χ2n) is 6.84. The molecule has 0 spiro atoms. The van der Waals surface area contributed by atoms with E-state index in [0.717, 1.165) is 25.3 Å². The maximum absolute atomic E-state index is 5.92. The molecule has 0 saturated carbocycles. The average molecular weight is 367 g/mol. The normalized spacial score (nSPS) is 25.3. The topological polar surface area (TPSA) is 38.5 Å². The number of halogens is 1. The van der Waals surface area contributed by atoms with Crippen LogP contribution in [0.5, 0.6) is 5.75 Å². The number of fused-ring (bicyclic) bond motifs is 1. The van der Waals surface area contributed by atoms with Crippen molar-refractivity contribution in [3.05, 3.63) is 26.7 Å². The van der Waals surface area contributed by atoms with E-state index in [0.29, 0.717) is 12.0 Å². The fraction of sp³-hybridized carbons (Fsp3) is 0.667. The Labute approximate surface area is 142 Å². The van der Waals surface area contributed by atoms with Crippen molar-refractivity contribution in [1.29, 1.82) is 0 Å². The first-order chi connectivity index (χ1) is 10.6. The van der Waals surface area contributed by atoms with Gasteiger partial charge in [-0.1, -0.05) is 0 Å². The Hall–Kier alpha value is -0.580. The van der Waals surface area contributed by atoms with Gasteiger partial charge in [0, 0.05) is 18.2 Å². The van der Waals surface area contributed by atoms with Gasteiger partial charge in [-0.15, -0.1) is 0 Å². The monoisotopic (exact) mass is 366 g/mol. The molecule has 3 rings (SSSR count). The smallest absolute Gasteiger partial charge is 0.138 e. The minimum absolute atomic E-state index is 0.423. The van der Waals surface area contributed by atoms with Crippen molar-refractivity contribution in [2.75, 3.05) is 27.2 Å². The molecule has 1 heterocycles. The first-order valence-corrected chi connectivity index (χ1v) is 9.15. The molecule has 2 aliphatic rings. The highest BCUT2D eigenvalue weighted by Crippen LogP contribution is 2.47. The minimum atomic E-state index is 0.423. The third kappa shape index (κ3) is 2.59. The van der Waals surface area contributed by atoms with Gasteiger partial charge in [0.15, 0.2) is 0 Å². The van der Waals surface area contributed by atoms with Gasteiger partial charge in [0.25, 0.3) is 0 Å². The maximum Gasteiger partial charge on any atom is 0.138 e. The lowest BCUT2D eigenvalue weighted by Crippen LogP contribution is -2.22. The lowest BCUT2D eigenvalue weighted by Gasteiger charge is -2.30. The number of nitrogens with zero attached hydrogens (tertiary/aromatic N) is 1. The summed E-state index contributed by atoms with van der Waals surface area (Å²) < 4.78 is 7.04. The van der Waals surface area contributed by atoms with E-state index in [2.05, 4.69) is 34.8 Å². The number of nitrogens with two attached hydrogens (primary N) is 1. The minimum Gasteiger partial charge on any atom is -0.495 e. The van der Waals surface area contributed by atoms with Gasteiger partial charge in [-0.05, 0) is 91.2 Å². The molecule has 2 N–H and O–H groups in total. The number of hydrogen-bond donors (Lipinski definition) is 1. The van der Waals surface area contributed by atoms with E-state index in [-0.39, 0.29) is 0 Å². The van der Waals surface area contributed by atoms with Crippen LogP contribution in [0.4, 0.5) is 0 Å². The highest BCUT2D eigenvalue weighted by atomic mass is 79.9. The van der Waals surface area contributed by atoms with Crippen LogP contribution in [-0.2, 0) is 12.8 Å². The van der Waals surface area contributed by atoms with Crippen LogP contribution in [0.15, 0.2) is 4.47 Å². The van der Waals surface area contributed by atoms with Gasteiger partial charge in [0.1, 0.15) is 5.75 Å². The van der Waals surface area contributed by atoms with Gasteiger partial charge in [-0.2, -0.15) is 0 Å². The quantitative estimate of drug-likeness (QED) is 0.887. The van der Waals surface area contributed by atoms with Gasteiger partial charge >= 0.3 is 0 Å². The van der Waals surface area contributed by atoms with Crippen LogP contribution in [-0.4, -0.2) is 32.1 Å². The molecule has 2 unspecified atom stereocenters. The fourth-order valence-electron chi connectivity index (χ4n) is 4.36. The molecular weight excluding hydrogens is 340 g/mol. The van der Waals surface area contributed by atoms with Crippen LogP contribution >= 0.6 is 15.9 Å². The first-order valence-electron chi connectivity index (χ1n) is 8.36. The van der Waals surface area contributed by atoms with E-state index in [1.807, 2.05) is 0 Å². The summed E-state index contributed by atoms with van der Waals surface area (Å²) in [6.07, 6.45) is 6.09. The second kappa shape index (κ2) is 6.50. The lowest BCUT2D eigenvalue weighted by molar-refractivity contribution is 0.301. The molecule has 22 heavy (non-hydrogen) atoms. The number of hydrogen-bond acceptors (Lipinski definition) is 3. The van der Waals surface area contributed by atoms with Gasteiger partial charge in [0.2, 0.25) is 0 Å². The van der Waals surface area contributed by atoms with Crippen molar-refractivity contribution in [2.24, 2.45) is 11.7 Å². The molecule has 0 amide bonds. The number of ether oxygens (including phenoxy) is 1. The Morgan fingerprint density at radius 3 is 2.55 bits per heavy atom. The van der Waals surface area contributed by atoms with Crippen LogP contribution in [0.3, 0.4) is 0 Å². The summed E-state index contributed by atoms with van der Waals surface area (Å²) in [6.45, 7) is 4.14. The Bertz CT molecular complexity index is 573. The summed E-state index contributed by atoms with van der Waals surface area (Å²) in [6, 6.07) is 0.423. The zero-order chi connectivity index (χ0) is 15.9. The second-order valence-corrected chi connectivity index (χ2v) is 7.64. The highest BCUT2D eigenvalue weighted by Gasteiger charge is 2.35. The van der Waals surface area contributed by atoms with Crippen LogP contribution in [0, 0.1) is 12.8 Å². The molecule has 122 valence electrons. The van der Waals surface area contributed by atoms with Crippen molar-refractivity contribution in [3.8, 4) is 5.75 Å². The van der Waals surface area contributed by atoms with E-state index >= 15 is 0 Å². The van der Waals surface area contributed by atoms with Crippen molar-refractivity contribution in [2.45, 2.75) is 45.1 Å². The van der Waals surface area contributed by atoms with Gasteiger partial charge in [0.05, 0.1) is 11.6 Å². The Kier molecular flexibility index (Phi) is 4.81. The summed E-state index contributed by atoms with van der Waals surface area (Å²) in [7, 11) is 4.01. The van der Waals surface area contributed by atoms with Crippen LogP contribution in [0.25, 0.3) is 0 Å². The Morgan fingerprint density at radius 2 is 1.95 bits per heavy atom. The molecular formula is C18H27BrN2O. The predicted octanol–water partition coefficient (Wildman–Crippen LogP) is 3.60. The molecule has 4 heteroatoms. The highest BCUT2D eigenvalue weighted by molar-refractivity contribution is 9.10. The average Bonchev–Trinajstić information content (AvgIpc) is 2.91.